The fourth-order valence-corrected chi connectivity index (χ4v) is 5.61. The molecule has 1 fully saturated rings. The monoisotopic (exact) mass is 532 g/mol. The van der Waals surface area contributed by atoms with Crippen LogP contribution in [0.4, 0.5) is 20.4 Å². The lowest BCUT2D eigenvalue weighted by Crippen LogP contribution is -2.60. The number of anilines is 1. The fraction of sp³-hybridized carbons (Fsp3) is 0.185. The van der Waals surface area contributed by atoms with E-state index in [1.54, 1.807) is 17.1 Å². The van der Waals surface area contributed by atoms with Gasteiger partial charge in [-0.05, 0) is 43.0 Å². The Kier molecular flexibility index (Phi) is 6.20. The molecule has 0 spiro atoms. The van der Waals surface area contributed by atoms with Crippen LogP contribution in [-0.4, -0.2) is 29.2 Å². The third-order valence-electron chi connectivity index (χ3n) is 6.46. The summed E-state index contributed by atoms with van der Waals surface area (Å²) in [6.07, 6.45) is 4.83. The number of thiophene rings is 1. The third kappa shape index (κ3) is 4.45. The molecule has 2 N–H and O–H groups in total. The number of rotatable bonds is 5. The van der Waals surface area contributed by atoms with Crippen LogP contribution < -0.4 is 20.6 Å². The third-order valence-corrected chi connectivity index (χ3v) is 7.55. The van der Waals surface area contributed by atoms with Crippen LogP contribution in [0.1, 0.15) is 24.1 Å². The first-order valence-electron chi connectivity index (χ1n) is 12.1. The second-order valence-electron chi connectivity index (χ2n) is 8.96. The van der Waals surface area contributed by atoms with Crippen LogP contribution in [0.5, 0.6) is 0 Å². The molecule has 4 heterocycles. The van der Waals surface area contributed by atoms with Gasteiger partial charge in [0, 0.05) is 28.5 Å². The van der Waals surface area contributed by atoms with Gasteiger partial charge in [-0.15, -0.1) is 11.3 Å². The first-order valence-corrected chi connectivity index (χ1v) is 12.9. The molecule has 0 radical (unpaired) electrons. The summed E-state index contributed by atoms with van der Waals surface area (Å²) in [4.78, 5) is 10.9. The number of aromatic nitrogens is 3. The van der Waals surface area contributed by atoms with Crippen LogP contribution in [0.25, 0.3) is 32.6 Å². The van der Waals surface area contributed by atoms with E-state index in [-0.39, 0.29) is 22.0 Å². The number of aliphatic imine (C=N–C) groups is 1. The number of pyridine rings is 1. The zero-order chi connectivity index (χ0) is 26.2. The highest BCUT2D eigenvalue weighted by molar-refractivity contribution is 7.21. The fourth-order valence-electron chi connectivity index (χ4n) is 4.60. The Hall–Kier alpha value is -4.38. The number of nitrogens with two attached hydrogens (primary N) is 1. The lowest BCUT2D eigenvalue weighted by molar-refractivity contribution is -0.759. The van der Waals surface area contributed by atoms with Crippen molar-refractivity contribution in [1.82, 2.24) is 10.3 Å². The van der Waals surface area contributed by atoms with Crippen LogP contribution in [0.15, 0.2) is 70.3 Å². The summed E-state index contributed by atoms with van der Waals surface area (Å²) < 4.78 is 33.9. The summed E-state index contributed by atoms with van der Waals surface area (Å²) >= 11 is 1.06. The molecule has 3 aromatic heterocycles. The van der Waals surface area contributed by atoms with Crippen molar-refractivity contribution in [3.05, 3.63) is 77.3 Å². The van der Waals surface area contributed by atoms with Crippen molar-refractivity contribution < 1.29 is 23.2 Å². The number of fused-ring (bicyclic) bond motifs is 1. The van der Waals surface area contributed by atoms with Gasteiger partial charge < -0.3 is 10.8 Å². The second-order valence-corrected chi connectivity index (χ2v) is 9.96. The van der Waals surface area contributed by atoms with E-state index >= 15 is 0 Å². The van der Waals surface area contributed by atoms with Crippen LogP contribution in [0.3, 0.4) is 0 Å². The molecule has 0 atom stereocenters. The van der Waals surface area contributed by atoms with Gasteiger partial charge in [-0.3, -0.25) is 4.52 Å². The highest BCUT2D eigenvalue weighted by Crippen LogP contribution is 2.42. The molecule has 1 aliphatic heterocycles. The minimum absolute atomic E-state index is 0.0418. The molecule has 0 amide bonds. The Morgan fingerprint density at radius 3 is 2.61 bits per heavy atom. The van der Waals surface area contributed by atoms with Crippen LogP contribution in [0.2, 0.25) is 0 Å². The Bertz CT molecular complexity index is 1660. The van der Waals surface area contributed by atoms with Crippen molar-refractivity contribution in [3.8, 4) is 22.4 Å². The number of hydrogen-bond donors (Lipinski definition) is 1. The molecule has 0 bridgehead atoms. The zero-order valence-corrected chi connectivity index (χ0v) is 20.9. The molecule has 192 valence electrons. The van der Waals surface area contributed by atoms with E-state index in [0.29, 0.717) is 21.5 Å². The molecule has 1 aliphatic rings. The van der Waals surface area contributed by atoms with Gasteiger partial charge in [0.2, 0.25) is 5.27 Å². The standard InChI is InChI=1S/C27H22F2N6O2S/c28-17-9-10-18(20(29)13-17)19-14-21(16-7-3-1-4-8-16)31-27-23(19)24(30)25(38-27)26(36)32-22-15-35(33-37-22)34-11-5-2-6-12-34/h1,3-4,7-10,13-15H,2,5-6,11-12H2,(H2-,30,32,33,36). The first kappa shape index (κ1) is 24.0. The molecule has 2 aromatic carbocycles. The highest BCUT2D eigenvalue weighted by Gasteiger charge is 2.23. The number of halogens is 2. The minimum atomic E-state index is -0.747. The van der Waals surface area contributed by atoms with Gasteiger partial charge in [-0.25, -0.2) is 18.8 Å². The topological polar surface area (TPSA) is 107 Å². The average Bonchev–Trinajstić information content (AvgIpc) is 3.54. The van der Waals surface area contributed by atoms with E-state index in [1.165, 1.54) is 18.6 Å². The Labute approximate surface area is 220 Å². The summed E-state index contributed by atoms with van der Waals surface area (Å²) in [6, 6.07) is 14.4. The predicted molar refractivity (Wildman–Crippen MR) is 140 cm³/mol. The summed E-state index contributed by atoms with van der Waals surface area (Å²) in [5.41, 5.74) is 8.49. The Morgan fingerprint density at radius 2 is 1.84 bits per heavy atom. The van der Waals surface area contributed by atoms with E-state index in [1.807, 2.05) is 35.3 Å². The van der Waals surface area contributed by atoms with Crippen molar-refractivity contribution in [1.29, 1.82) is 0 Å². The van der Waals surface area contributed by atoms with Crippen molar-refractivity contribution in [2.24, 2.45) is 4.99 Å². The maximum atomic E-state index is 14.9. The molecular weight excluding hydrogens is 510 g/mol. The summed E-state index contributed by atoms with van der Waals surface area (Å²) in [5.74, 6) is -2.02. The lowest BCUT2D eigenvalue weighted by Gasteiger charge is -2.17. The lowest BCUT2D eigenvalue weighted by atomic mass is 9.99. The first-order chi connectivity index (χ1) is 18.5. The van der Waals surface area contributed by atoms with E-state index in [2.05, 4.69) is 10.3 Å². The molecule has 8 nitrogen and oxygen atoms in total. The van der Waals surface area contributed by atoms with E-state index in [4.69, 9.17) is 15.2 Å². The largest absolute Gasteiger partial charge is 0.857 e. The van der Waals surface area contributed by atoms with Gasteiger partial charge >= 0.3 is 5.88 Å². The number of nitrogen functional groups attached to an aromatic ring is 1. The molecule has 38 heavy (non-hydrogen) atoms. The van der Waals surface area contributed by atoms with Crippen molar-refractivity contribution in [3.63, 3.8) is 0 Å². The quantitative estimate of drug-likeness (QED) is 0.205. The maximum absolute atomic E-state index is 14.9. The average molecular weight is 533 g/mol. The van der Waals surface area contributed by atoms with Crippen molar-refractivity contribution in [2.75, 3.05) is 23.8 Å². The number of hydrogen-bond acceptors (Lipinski definition) is 8. The van der Waals surface area contributed by atoms with Crippen LogP contribution in [0, 0.1) is 11.6 Å². The molecule has 0 saturated carbocycles. The molecule has 1 saturated heterocycles. The summed E-state index contributed by atoms with van der Waals surface area (Å²) in [6.45, 7) is 1.68. The number of benzene rings is 2. The number of nitrogens with zero attached hydrogens (tertiary/aromatic N) is 5. The minimum Gasteiger partial charge on any atom is -0.857 e. The zero-order valence-electron chi connectivity index (χ0n) is 20.1. The van der Waals surface area contributed by atoms with Crippen molar-refractivity contribution >= 4 is 39.0 Å². The predicted octanol–water partition coefficient (Wildman–Crippen LogP) is 4.33. The SMILES string of the molecule is Nc1c(/C([O-])=N\c2c[n+](N3CCCCC3)no2)sc2nc(-c3ccccc3)cc(-c3ccc(F)cc3F)c12. The van der Waals surface area contributed by atoms with Crippen LogP contribution in [-0.2, 0) is 0 Å². The Morgan fingerprint density at radius 1 is 1.05 bits per heavy atom. The van der Waals surface area contributed by atoms with Gasteiger partial charge in [0.1, 0.15) is 16.5 Å². The number of piperidine rings is 1. The highest BCUT2D eigenvalue weighted by atomic mass is 32.1. The van der Waals surface area contributed by atoms with Gasteiger partial charge in [-0.2, -0.15) is 5.01 Å². The second kappa shape index (κ2) is 9.82. The smallest absolute Gasteiger partial charge is 0.324 e. The molecule has 0 unspecified atom stereocenters. The van der Waals surface area contributed by atoms with E-state index in [9.17, 15) is 13.9 Å². The van der Waals surface area contributed by atoms with Gasteiger partial charge in [0.25, 0.3) is 6.20 Å². The van der Waals surface area contributed by atoms with Gasteiger partial charge in [0.05, 0.1) is 34.1 Å². The molecule has 6 rings (SSSR count). The maximum Gasteiger partial charge on any atom is 0.324 e. The Balaban J connectivity index is 1.46. The van der Waals surface area contributed by atoms with Gasteiger partial charge in [-0.1, -0.05) is 30.3 Å². The van der Waals surface area contributed by atoms with E-state index in [0.717, 1.165) is 48.9 Å². The normalized spacial score (nSPS) is 14.4. The molecule has 5 aromatic rings. The van der Waals surface area contributed by atoms with Crippen LogP contribution >= 0.6 is 11.3 Å². The molecule has 0 aliphatic carbocycles. The molecular formula is C27H22F2N6O2S. The molecule has 11 heteroatoms. The van der Waals surface area contributed by atoms with E-state index < -0.39 is 17.5 Å². The summed E-state index contributed by atoms with van der Waals surface area (Å²) in [5, 5.41) is 19.6. The van der Waals surface area contributed by atoms with Crippen molar-refractivity contribution in [2.45, 2.75) is 19.3 Å². The summed E-state index contributed by atoms with van der Waals surface area (Å²) in [7, 11) is 0. The van der Waals surface area contributed by atoms with Gasteiger partial charge in [0.15, 0.2) is 0 Å².